The van der Waals surface area contributed by atoms with E-state index in [1.54, 1.807) is 0 Å². The number of rotatable bonds is 4. The van der Waals surface area contributed by atoms with Crippen molar-refractivity contribution in [2.75, 3.05) is 0 Å². The molecule has 0 radical (unpaired) electrons. The van der Waals surface area contributed by atoms with Gasteiger partial charge in [-0.1, -0.05) is 41.6 Å². The second kappa shape index (κ2) is 6.30. The molecule has 0 unspecified atom stereocenters. The molecule has 0 aliphatic carbocycles. The Morgan fingerprint density at radius 3 is 2.79 bits per heavy atom. The Kier molecular flexibility index (Phi) is 4.00. The van der Waals surface area contributed by atoms with Crippen LogP contribution in [0, 0.1) is 0 Å². The molecule has 1 atom stereocenters. The molecule has 0 bridgehead atoms. The molecule has 2 aromatic heterocycles. The fourth-order valence-electron chi connectivity index (χ4n) is 2.33. The monoisotopic (exact) mass is 356 g/mol. The van der Waals surface area contributed by atoms with E-state index < -0.39 is 0 Å². The Morgan fingerprint density at radius 2 is 1.96 bits per heavy atom. The number of benzene rings is 2. The first kappa shape index (κ1) is 15.2. The van der Waals surface area contributed by atoms with Crippen LogP contribution in [0.25, 0.3) is 22.5 Å². The van der Waals surface area contributed by atoms with Gasteiger partial charge in [-0.25, -0.2) is 4.98 Å². The van der Waals surface area contributed by atoms with Crippen molar-refractivity contribution in [1.82, 2.24) is 20.2 Å². The SMILES string of the molecule is C[C@H](Sc1nc2ccc(Cl)cc2[nH]1)c1nnc(-c2ccccc2)o1. The molecule has 24 heavy (non-hydrogen) atoms. The maximum Gasteiger partial charge on any atom is 0.247 e. The Balaban J connectivity index is 1.55. The predicted octanol–water partition coefficient (Wildman–Crippen LogP) is 5.12. The quantitative estimate of drug-likeness (QED) is 0.514. The molecule has 2 aromatic carbocycles. The normalized spacial score (nSPS) is 12.6. The van der Waals surface area contributed by atoms with Crippen LogP contribution >= 0.6 is 23.4 Å². The third kappa shape index (κ3) is 3.02. The average Bonchev–Trinajstić information content (AvgIpc) is 3.22. The molecule has 0 amide bonds. The van der Waals surface area contributed by atoms with Gasteiger partial charge in [-0.15, -0.1) is 10.2 Å². The third-order valence-corrected chi connectivity index (χ3v) is 4.73. The summed E-state index contributed by atoms with van der Waals surface area (Å²) in [5, 5.41) is 9.73. The third-order valence-electron chi connectivity index (χ3n) is 3.52. The lowest BCUT2D eigenvalue weighted by atomic mass is 10.2. The highest BCUT2D eigenvalue weighted by Gasteiger charge is 2.18. The van der Waals surface area contributed by atoms with Crippen LogP contribution in [-0.4, -0.2) is 20.2 Å². The zero-order valence-electron chi connectivity index (χ0n) is 12.7. The summed E-state index contributed by atoms with van der Waals surface area (Å²) in [6.45, 7) is 2.01. The van der Waals surface area contributed by atoms with E-state index in [9.17, 15) is 0 Å². The number of nitrogens with one attached hydrogen (secondary N) is 1. The van der Waals surface area contributed by atoms with Crippen LogP contribution in [0.1, 0.15) is 18.1 Å². The van der Waals surface area contributed by atoms with Gasteiger partial charge in [0.05, 0.1) is 16.3 Å². The highest BCUT2D eigenvalue weighted by Crippen LogP contribution is 2.34. The summed E-state index contributed by atoms with van der Waals surface area (Å²) >= 11 is 7.53. The van der Waals surface area contributed by atoms with Crippen molar-refractivity contribution in [3.05, 3.63) is 59.4 Å². The van der Waals surface area contributed by atoms with Gasteiger partial charge in [-0.3, -0.25) is 0 Å². The number of fused-ring (bicyclic) bond motifs is 1. The van der Waals surface area contributed by atoms with Gasteiger partial charge in [0.15, 0.2) is 5.16 Å². The first-order valence-electron chi connectivity index (χ1n) is 7.40. The van der Waals surface area contributed by atoms with E-state index in [-0.39, 0.29) is 5.25 Å². The number of thioether (sulfide) groups is 1. The number of halogens is 1. The fraction of sp³-hybridized carbons (Fsp3) is 0.118. The first-order valence-corrected chi connectivity index (χ1v) is 8.65. The summed E-state index contributed by atoms with van der Waals surface area (Å²) < 4.78 is 5.79. The van der Waals surface area contributed by atoms with Crippen molar-refractivity contribution in [2.45, 2.75) is 17.3 Å². The van der Waals surface area contributed by atoms with E-state index >= 15 is 0 Å². The van der Waals surface area contributed by atoms with Crippen molar-refractivity contribution in [3.63, 3.8) is 0 Å². The summed E-state index contributed by atoms with van der Waals surface area (Å²) in [4.78, 5) is 7.80. The highest BCUT2D eigenvalue weighted by atomic mass is 35.5. The topological polar surface area (TPSA) is 67.6 Å². The lowest BCUT2D eigenvalue weighted by Crippen LogP contribution is -1.89. The number of H-pyrrole nitrogens is 1. The van der Waals surface area contributed by atoms with E-state index in [2.05, 4.69) is 20.2 Å². The minimum absolute atomic E-state index is 0.0222. The van der Waals surface area contributed by atoms with Gasteiger partial charge >= 0.3 is 0 Å². The van der Waals surface area contributed by atoms with E-state index in [0.717, 1.165) is 21.8 Å². The molecule has 7 heteroatoms. The first-order chi connectivity index (χ1) is 11.7. The molecule has 0 saturated heterocycles. The van der Waals surface area contributed by atoms with E-state index in [4.69, 9.17) is 16.0 Å². The number of nitrogens with zero attached hydrogens (tertiary/aromatic N) is 3. The smallest absolute Gasteiger partial charge is 0.247 e. The molecule has 4 aromatic rings. The van der Waals surface area contributed by atoms with Gasteiger partial charge in [0.25, 0.3) is 0 Å². The van der Waals surface area contributed by atoms with Crippen LogP contribution in [0.15, 0.2) is 58.1 Å². The molecule has 120 valence electrons. The summed E-state index contributed by atoms with van der Waals surface area (Å²) in [6.07, 6.45) is 0. The lowest BCUT2D eigenvalue weighted by molar-refractivity contribution is 0.509. The maximum absolute atomic E-state index is 6.00. The maximum atomic E-state index is 6.00. The molecular formula is C17H13ClN4OS. The molecule has 0 aliphatic heterocycles. The van der Waals surface area contributed by atoms with Crippen LogP contribution in [-0.2, 0) is 0 Å². The molecule has 0 spiro atoms. The fourth-order valence-corrected chi connectivity index (χ4v) is 3.35. The van der Waals surface area contributed by atoms with Crippen molar-refractivity contribution in [2.24, 2.45) is 0 Å². The Hall–Kier alpha value is -2.31. The summed E-state index contributed by atoms with van der Waals surface area (Å²) in [6, 6.07) is 15.3. The number of aromatic nitrogens is 4. The van der Waals surface area contributed by atoms with Gasteiger partial charge in [-0.05, 0) is 37.3 Å². The van der Waals surface area contributed by atoms with Gasteiger partial charge in [0, 0.05) is 10.6 Å². The number of aromatic amines is 1. The standard InChI is InChI=1S/C17H13ClN4OS/c1-10(15-21-22-16(23-15)11-5-3-2-4-6-11)24-17-19-13-8-7-12(18)9-14(13)20-17/h2-10H,1H3,(H,19,20)/t10-/m0/s1. The molecule has 5 nitrogen and oxygen atoms in total. The number of hydrogen-bond donors (Lipinski definition) is 1. The van der Waals surface area contributed by atoms with Crippen LogP contribution in [0.2, 0.25) is 5.02 Å². The summed E-state index contributed by atoms with van der Waals surface area (Å²) in [5.41, 5.74) is 2.70. The second-order valence-corrected chi connectivity index (χ2v) is 7.04. The van der Waals surface area contributed by atoms with Crippen LogP contribution in [0.4, 0.5) is 0 Å². The number of hydrogen-bond acceptors (Lipinski definition) is 5. The Morgan fingerprint density at radius 1 is 1.12 bits per heavy atom. The van der Waals surface area contributed by atoms with Crippen LogP contribution < -0.4 is 0 Å². The lowest BCUT2D eigenvalue weighted by Gasteiger charge is -2.02. The average molecular weight is 357 g/mol. The zero-order chi connectivity index (χ0) is 16.5. The summed E-state index contributed by atoms with van der Waals surface area (Å²) in [5.74, 6) is 1.09. The molecule has 0 saturated carbocycles. The van der Waals surface area contributed by atoms with Crippen molar-refractivity contribution in [3.8, 4) is 11.5 Å². The van der Waals surface area contributed by atoms with Crippen molar-refractivity contribution >= 4 is 34.4 Å². The predicted molar refractivity (Wildman–Crippen MR) is 95.1 cm³/mol. The minimum atomic E-state index is -0.0222. The largest absolute Gasteiger partial charge is 0.419 e. The molecule has 0 fully saturated rings. The molecular weight excluding hydrogens is 344 g/mol. The van der Waals surface area contributed by atoms with E-state index in [1.807, 2.05) is 55.5 Å². The van der Waals surface area contributed by atoms with Crippen LogP contribution in [0.5, 0.6) is 0 Å². The second-order valence-electron chi connectivity index (χ2n) is 5.27. The zero-order valence-corrected chi connectivity index (χ0v) is 14.3. The van der Waals surface area contributed by atoms with Crippen LogP contribution in [0.3, 0.4) is 0 Å². The van der Waals surface area contributed by atoms with Gasteiger partial charge < -0.3 is 9.40 Å². The number of imidazole rings is 1. The Labute approximate surface area is 147 Å². The highest BCUT2D eigenvalue weighted by molar-refractivity contribution is 7.99. The molecule has 0 aliphatic rings. The molecule has 2 heterocycles. The van der Waals surface area contributed by atoms with Gasteiger partial charge in [-0.2, -0.15) is 0 Å². The Bertz CT molecular complexity index is 983. The minimum Gasteiger partial charge on any atom is -0.419 e. The van der Waals surface area contributed by atoms with Crippen molar-refractivity contribution < 1.29 is 4.42 Å². The van der Waals surface area contributed by atoms with Crippen molar-refractivity contribution in [1.29, 1.82) is 0 Å². The van der Waals surface area contributed by atoms with Gasteiger partial charge in [0.2, 0.25) is 11.8 Å². The van der Waals surface area contributed by atoms with E-state index in [1.165, 1.54) is 11.8 Å². The molecule has 1 N–H and O–H groups in total. The van der Waals surface area contributed by atoms with Gasteiger partial charge in [0.1, 0.15) is 0 Å². The van der Waals surface area contributed by atoms with E-state index in [0.29, 0.717) is 16.8 Å². The molecule has 4 rings (SSSR count). The summed E-state index contributed by atoms with van der Waals surface area (Å²) in [7, 11) is 0.